The van der Waals surface area contributed by atoms with Crippen molar-refractivity contribution in [3.05, 3.63) is 46.3 Å². The molecule has 0 N–H and O–H groups in total. The van der Waals surface area contributed by atoms with Crippen molar-refractivity contribution in [3.63, 3.8) is 0 Å². The molecular weight excluding hydrogens is 194 g/mol. The molecule has 0 spiro atoms. The van der Waals surface area contributed by atoms with Crippen molar-refractivity contribution >= 4 is 5.91 Å². The summed E-state index contributed by atoms with van der Waals surface area (Å²) >= 11 is 0. The van der Waals surface area contributed by atoms with Gasteiger partial charge in [-0.2, -0.15) is 0 Å². The molecule has 76 valence electrons. The van der Waals surface area contributed by atoms with E-state index in [0.29, 0.717) is 0 Å². The second kappa shape index (κ2) is 3.38. The molecule has 0 aromatic heterocycles. The molecule has 15 heavy (non-hydrogen) atoms. The Kier molecular flexibility index (Phi) is 2.19. The zero-order valence-corrected chi connectivity index (χ0v) is 8.12. The summed E-state index contributed by atoms with van der Waals surface area (Å²) in [7, 11) is 0. The van der Waals surface area contributed by atoms with E-state index in [1.54, 1.807) is 6.92 Å². The van der Waals surface area contributed by atoms with Gasteiger partial charge in [-0.15, -0.1) is 0 Å². The summed E-state index contributed by atoms with van der Waals surface area (Å²) < 4.78 is 5.29. The lowest BCUT2D eigenvalue weighted by Gasteiger charge is -1.99. The van der Waals surface area contributed by atoms with Crippen LogP contribution in [0.2, 0.25) is 0 Å². The highest BCUT2D eigenvalue weighted by molar-refractivity contribution is 5.89. The van der Waals surface area contributed by atoms with E-state index in [0.717, 1.165) is 5.56 Å². The maximum atomic E-state index is 11.4. The Bertz CT molecular complexity index is 439. The van der Waals surface area contributed by atoms with E-state index in [4.69, 9.17) is 10.3 Å². The molecule has 1 fully saturated rings. The van der Waals surface area contributed by atoms with Crippen molar-refractivity contribution in [2.45, 2.75) is 18.6 Å². The van der Waals surface area contributed by atoms with Gasteiger partial charge < -0.3 is 4.74 Å². The van der Waals surface area contributed by atoms with Crippen LogP contribution in [0.3, 0.4) is 0 Å². The van der Waals surface area contributed by atoms with Gasteiger partial charge in [0.25, 0.3) is 5.91 Å². The number of azide groups is 1. The number of carbonyl (C=O) groups excluding carboxylic acids is 1. The standard InChI is InChI=1S/C10H9N3O2/c1-10(9(14)12-13-11)8(15-10)7-5-3-2-4-6-7/h2-6,8H,1H3. The second-order valence-electron chi connectivity index (χ2n) is 3.51. The minimum absolute atomic E-state index is 0.295. The molecule has 2 atom stereocenters. The minimum atomic E-state index is -0.979. The number of benzene rings is 1. The molecule has 1 aromatic carbocycles. The van der Waals surface area contributed by atoms with Crippen LogP contribution in [0.15, 0.2) is 35.4 Å². The quantitative estimate of drug-likeness (QED) is 0.320. The third-order valence-electron chi connectivity index (χ3n) is 2.47. The Morgan fingerprint density at radius 3 is 2.80 bits per heavy atom. The zero-order valence-electron chi connectivity index (χ0n) is 8.12. The summed E-state index contributed by atoms with van der Waals surface area (Å²) in [6, 6.07) is 9.38. The van der Waals surface area contributed by atoms with Crippen molar-refractivity contribution in [1.29, 1.82) is 0 Å². The van der Waals surface area contributed by atoms with Crippen LogP contribution in [0.25, 0.3) is 10.4 Å². The molecular formula is C10H9N3O2. The van der Waals surface area contributed by atoms with Crippen LogP contribution in [0.4, 0.5) is 0 Å². The van der Waals surface area contributed by atoms with Gasteiger partial charge in [0.15, 0.2) is 5.60 Å². The predicted molar refractivity (Wildman–Crippen MR) is 52.8 cm³/mol. The fraction of sp³-hybridized carbons (Fsp3) is 0.300. The molecule has 5 nitrogen and oxygen atoms in total. The molecule has 0 saturated carbocycles. The van der Waals surface area contributed by atoms with E-state index < -0.39 is 11.5 Å². The van der Waals surface area contributed by atoms with Crippen molar-refractivity contribution in [1.82, 2.24) is 0 Å². The Labute approximate surface area is 86.3 Å². The SMILES string of the molecule is CC1(C(=O)N=[N+]=[N-])OC1c1ccccc1. The number of ether oxygens (including phenoxy) is 1. The van der Waals surface area contributed by atoms with Crippen LogP contribution in [0.5, 0.6) is 0 Å². The molecule has 1 amide bonds. The van der Waals surface area contributed by atoms with Gasteiger partial charge in [-0.25, -0.2) is 0 Å². The van der Waals surface area contributed by atoms with E-state index in [9.17, 15) is 4.79 Å². The topological polar surface area (TPSA) is 78.4 Å². The summed E-state index contributed by atoms with van der Waals surface area (Å²) in [5, 5.41) is 3.05. The zero-order chi connectivity index (χ0) is 10.9. The molecule has 2 unspecified atom stereocenters. The van der Waals surface area contributed by atoms with Crippen molar-refractivity contribution in [2.75, 3.05) is 0 Å². The molecule has 0 bridgehead atoms. The Balaban J connectivity index is 2.19. The molecule has 1 heterocycles. The Morgan fingerprint density at radius 1 is 1.53 bits per heavy atom. The molecule has 1 aliphatic rings. The van der Waals surface area contributed by atoms with Gasteiger partial charge in [-0.3, -0.25) is 4.79 Å². The first kappa shape index (κ1) is 9.71. The van der Waals surface area contributed by atoms with Crippen LogP contribution in [0.1, 0.15) is 18.6 Å². The van der Waals surface area contributed by atoms with Gasteiger partial charge >= 0.3 is 0 Å². The molecule has 1 aromatic rings. The number of hydrogen-bond donors (Lipinski definition) is 0. The number of hydrogen-bond acceptors (Lipinski definition) is 2. The monoisotopic (exact) mass is 203 g/mol. The maximum Gasteiger partial charge on any atom is 0.253 e. The number of epoxide rings is 1. The van der Waals surface area contributed by atoms with Crippen LogP contribution in [-0.2, 0) is 9.53 Å². The summed E-state index contributed by atoms with van der Waals surface area (Å²) in [6.45, 7) is 1.63. The highest BCUT2D eigenvalue weighted by Crippen LogP contribution is 2.50. The van der Waals surface area contributed by atoms with Gasteiger partial charge in [-0.05, 0) is 23.1 Å². The van der Waals surface area contributed by atoms with E-state index in [1.165, 1.54) is 0 Å². The average molecular weight is 203 g/mol. The fourth-order valence-corrected chi connectivity index (χ4v) is 1.53. The van der Waals surface area contributed by atoms with Crippen LogP contribution < -0.4 is 0 Å². The van der Waals surface area contributed by atoms with Gasteiger partial charge in [0, 0.05) is 4.91 Å². The van der Waals surface area contributed by atoms with E-state index >= 15 is 0 Å². The van der Waals surface area contributed by atoms with E-state index in [1.807, 2.05) is 30.3 Å². The molecule has 5 heteroatoms. The maximum absolute atomic E-state index is 11.4. The van der Waals surface area contributed by atoms with Crippen LogP contribution in [-0.4, -0.2) is 11.5 Å². The number of rotatable bonds is 2. The normalized spacial score (nSPS) is 27.9. The van der Waals surface area contributed by atoms with Crippen molar-refractivity contribution in [3.8, 4) is 0 Å². The molecule has 2 rings (SSSR count). The third kappa shape index (κ3) is 1.58. The van der Waals surface area contributed by atoms with Crippen molar-refractivity contribution < 1.29 is 9.53 Å². The van der Waals surface area contributed by atoms with Crippen LogP contribution in [0, 0.1) is 0 Å². The highest BCUT2D eigenvalue weighted by atomic mass is 16.6. The third-order valence-corrected chi connectivity index (χ3v) is 2.47. The largest absolute Gasteiger partial charge is 0.353 e. The van der Waals surface area contributed by atoms with Gasteiger partial charge in [-0.1, -0.05) is 30.3 Å². The molecule has 1 saturated heterocycles. The number of amides is 1. The van der Waals surface area contributed by atoms with Gasteiger partial charge in [0.1, 0.15) is 6.10 Å². The first-order valence-corrected chi connectivity index (χ1v) is 4.51. The lowest BCUT2D eigenvalue weighted by atomic mass is 10.0. The molecule has 1 aliphatic heterocycles. The van der Waals surface area contributed by atoms with Gasteiger partial charge in [0.05, 0.1) is 0 Å². The Morgan fingerprint density at radius 2 is 2.20 bits per heavy atom. The second-order valence-corrected chi connectivity index (χ2v) is 3.51. The summed E-state index contributed by atoms with van der Waals surface area (Å²) in [5.74, 6) is -0.571. The van der Waals surface area contributed by atoms with Crippen molar-refractivity contribution in [2.24, 2.45) is 5.11 Å². The summed E-state index contributed by atoms with van der Waals surface area (Å²) in [4.78, 5) is 13.8. The van der Waals surface area contributed by atoms with Crippen LogP contribution >= 0.6 is 0 Å². The smallest absolute Gasteiger partial charge is 0.253 e. The number of carbonyl (C=O) groups is 1. The molecule has 0 radical (unpaired) electrons. The number of nitrogens with zero attached hydrogens (tertiary/aromatic N) is 3. The lowest BCUT2D eigenvalue weighted by molar-refractivity contribution is -0.122. The summed E-state index contributed by atoms with van der Waals surface area (Å²) in [6.07, 6.45) is -0.295. The molecule has 0 aliphatic carbocycles. The average Bonchev–Trinajstić information content (AvgIpc) is 2.94. The first-order chi connectivity index (χ1) is 7.18. The first-order valence-electron chi connectivity index (χ1n) is 4.51. The van der Waals surface area contributed by atoms with E-state index in [2.05, 4.69) is 10.0 Å². The van der Waals surface area contributed by atoms with Gasteiger partial charge in [0.2, 0.25) is 0 Å². The Hall–Kier alpha value is -1.84. The lowest BCUT2D eigenvalue weighted by Crippen LogP contribution is -2.18. The minimum Gasteiger partial charge on any atom is -0.353 e. The predicted octanol–water partition coefficient (Wildman–Crippen LogP) is 2.35. The highest BCUT2D eigenvalue weighted by Gasteiger charge is 2.58. The van der Waals surface area contributed by atoms with E-state index in [-0.39, 0.29) is 6.10 Å². The fourth-order valence-electron chi connectivity index (χ4n) is 1.53. The summed E-state index contributed by atoms with van der Waals surface area (Å²) in [5.41, 5.74) is 8.11.